The molecule has 6 heteroatoms. The van der Waals surface area contributed by atoms with Crippen LogP contribution in [-0.4, -0.2) is 19.7 Å². The van der Waals surface area contributed by atoms with Gasteiger partial charge in [0.1, 0.15) is 17.8 Å². The molecule has 4 aromatic rings. The van der Waals surface area contributed by atoms with Gasteiger partial charge < -0.3 is 5.73 Å². The highest BCUT2D eigenvalue weighted by Crippen LogP contribution is 2.37. The summed E-state index contributed by atoms with van der Waals surface area (Å²) < 4.78 is 3.11. The first kappa shape index (κ1) is 12.3. The Bertz CT molecular complexity index is 920. The second-order valence-corrected chi connectivity index (χ2v) is 5.85. The second-order valence-electron chi connectivity index (χ2n) is 4.77. The summed E-state index contributed by atoms with van der Waals surface area (Å²) in [6.45, 7) is 2.79. The van der Waals surface area contributed by atoms with Crippen LogP contribution >= 0.6 is 11.3 Å². The van der Waals surface area contributed by atoms with Crippen LogP contribution in [0.2, 0.25) is 0 Å². The third-order valence-electron chi connectivity index (χ3n) is 3.52. The normalized spacial score (nSPS) is 11.5. The number of aromatic nitrogens is 4. The molecule has 104 valence electrons. The van der Waals surface area contributed by atoms with E-state index in [1.54, 1.807) is 11.3 Å². The molecule has 0 fully saturated rings. The van der Waals surface area contributed by atoms with E-state index in [1.165, 1.54) is 16.4 Å². The van der Waals surface area contributed by atoms with Crippen LogP contribution in [0.1, 0.15) is 6.92 Å². The number of rotatable bonds is 2. The molecule has 0 bridgehead atoms. The van der Waals surface area contributed by atoms with E-state index in [4.69, 9.17) is 5.73 Å². The average molecular weight is 295 g/mol. The van der Waals surface area contributed by atoms with E-state index in [2.05, 4.69) is 33.3 Å². The summed E-state index contributed by atoms with van der Waals surface area (Å²) in [7, 11) is 0. The topological polar surface area (TPSA) is 69.6 Å². The van der Waals surface area contributed by atoms with Gasteiger partial charge in [-0.05, 0) is 24.4 Å². The Morgan fingerprint density at radius 3 is 2.90 bits per heavy atom. The predicted octanol–water partition coefficient (Wildman–Crippen LogP) is 3.31. The molecule has 0 amide bonds. The van der Waals surface area contributed by atoms with Crippen molar-refractivity contribution in [3.63, 3.8) is 0 Å². The fraction of sp³-hybridized carbons (Fsp3) is 0.133. The first-order valence-corrected chi connectivity index (χ1v) is 7.55. The highest BCUT2D eigenvalue weighted by molar-refractivity contribution is 7.22. The van der Waals surface area contributed by atoms with E-state index in [-0.39, 0.29) is 0 Å². The van der Waals surface area contributed by atoms with Crippen LogP contribution in [0, 0.1) is 0 Å². The molecule has 2 N–H and O–H groups in total. The number of nitrogens with two attached hydrogens (primary N) is 1. The van der Waals surface area contributed by atoms with Gasteiger partial charge in [0.15, 0.2) is 5.65 Å². The molecule has 3 heterocycles. The number of fused-ring (bicyclic) bond motifs is 2. The van der Waals surface area contributed by atoms with Gasteiger partial charge in [-0.2, -0.15) is 5.10 Å². The zero-order valence-corrected chi connectivity index (χ0v) is 12.3. The van der Waals surface area contributed by atoms with Gasteiger partial charge in [0.05, 0.1) is 10.3 Å². The van der Waals surface area contributed by atoms with Crippen LogP contribution in [0.5, 0.6) is 0 Å². The molecule has 0 unspecified atom stereocenters. The zero-order valence-electron chi connectivity index (χ0n) is 11.4. The molecule has 3 aromatic heterocycles. The van der Waals surface area contributed by atoms with Crippen molar-refractivity contribution in [1.29, 1.82) is 0 Å². The number of aryl methyl sites for hydroxylation is 1. The molecular weight excluding hydrogens is 282 g/mol. The Morgan fingerprint density at radius 2 is 2.10 bits per heavy atom. The molecule has 0 radical (unpaired) electrons. The van der Waals surface area contributed by atoms with E-state index in [9.17, 15) is 0 Å². The Kier molecular flexibility index (Phi) is 2.65. The summed E-state index contributed by atoms with van der Waals surface area (Å²) in [5.74, 6) is 0.479. The fourth-order valence-electron chi connectivity index (χ4n) is 2.52. The maximum absolute atomic E-state index is 6.06. The van der Waals surface area contributed by atoms with Crippen LogP contribution in [0.15, 0.2) is 36.7 Å². The van der Waals surface area contributed by atoms with Crippen LogP contribution in [0.25, 0.3) is 31.7 Å². The van der Waals surface area contributed by atoms with Crippen molar-refractivity contribution < 1.29 is 0 Å². The molecule has 1 aromatic carbocycles. The SMILES string of the molecule is CCn1nc(-c2cc3ccccc3s2)c2c(N)ncnc21. The number of nitrogens with zero attached hydrogens (tertiary/aromatic N) is 4. The van der Waals surface area contributed by atoms with Gasteiger partial charge in [-0.15, -0.1) is 11.3 Å². The first-order chi connectivity index (χ1) is 10.3. The van der Waals surface area contributed by atoms with Crippen molar-refractivity contribution in [1.82, 2.24) is 19.7 Å². The minimum atomic E-state index is 0.479. The van der Waals surface area contributed by atoms with Gasteiger partial charge in [0.2, 0.25) is 0 Å². The summed E-state index contributed by atoms with van der Waals surface area (Å²) in [6, 6.07) is 10.5. The third kappa shape index (κ3) is 1.80. The largest absolute Gasteiger partial charge is 0.383 e. The Balaban J connectivity index is 2.05. The van der Waals surface area contributed by atoms with Crippen molar-refractivity contribution in [3.8, 4) is 10.6 Å². The number of benzene rings is 1. The minimum absolute atomic E-state index is 0.479. The van der Waals surface area contributed by atoms with E-state index in [0.29, 0.717) is 5.82 Å². The molecular formula is C15H13N5S. The van der Waals surface area contributed by atoms with E-state index < -0.39 is 0 Å². The molecule has 0 aliphatic carbocycles. The second kappa shape index (κ2) is 4.53. The van der Waals surface area contributed by atoms with Gasteiger partial charge in [0.25, 0.3) is 0 Å². The van der Waals surface area contributed by atoms with Crippen LogP contribution in [-0.2, 0) is 6.54 Å². The highest BCUT2D eigenvalue weighted by atomic mass is 32.1. The van der Waals surface area contributed by atoms with Gasteiger partial charge in [-0.1, -0.05) is 18.2 Å². The molecule has 0 saturated heterocycles. The van der Waals surface area contributed by atoms with Gasteiger partial charge >= 0.3 is 0 Å². The Hall–Kier alpha value is -2.47. The van der Waals surface area contributed by atoms with Crippen molar-refractivity contribution >= 4 is 38.3 Å². The van der Waals surface area contributed by atoms with Crippen LogP contribution in [0.3, 0.4) is 0 Å². The minimum Gasteiger partial charge on any atom is -0.383 e. The predicted molar refractivity (Wildman–Crippen MR) is 86.2 cm³/mol. The standard InChI is InChI=1S/C15H13N5S/c1-2-20-15-12(14(16)17-8-18-15)13(19-20)11-7-9-5-3-4-6-10(9)21-11/h3-8H,2H2,1H3,(H2,16,17,18). The van der Waals surface area contributed by atoms with Gasteiger partial charge in [0, 0.05) is 11.2 Å². The quantitative estimate of drug-likeness (QED) is 0.616. The number of anilines is 1. The molecule has 0 aliphatic heterocycles. The van der Waals surface area contributed by atoms with Crippen LogP contribution < -0.4 is 5.73 Å². The number of hydrogen-bond donors (Lipinski definition) is 1. The maximum Gasteiger partial charge on any atom is 0.163 e. The summed E-state index contributed by atoms with van der Waals surface area (Å²) in [4.78, 5) is 9.53. The molecule has 5 nitrogen and oxygen atoms in total. The lowest BCUT2D eigenvalue weighted by molar-refractivity contribution is 0.679. The maximum atomic E-state index is 6.06. The molecule has 0 saturated carbocycles. The number of hydrogen-bond acceptors (Lipinski definition) is 5. The van der Waals surface area contributed by atoms with Gasteiger partial charge in [-0.3, -0.25) is 0 Å². The Morgan fingerprint density at radius 1 is 1.24 bits per heavy atom. The lowest BCUT2D eigenvalue weighted by Crippen LogP contribution is -1.98. The average Bonchev–Trinajstić information content (AvgIpc) is 3.08. The smallest absolute Gasteiger partial charge is 0.163 e. The van der Waals surface area contributed by atoms with Crippen molar-refractivity contribution in [2.75, 3.05) is 5.73 Å². The first-order valence-electron chi connectivity index (χ1n) is 6.74. The fourth-order valence-corrected chi connectivity index (χ4v) is 3.58. The summed E-state index contributed by atoms with van der Waals surface area (Å²) >= 11 is 1.71. The number of nitrogen functional groups attached to an aromatic ring is 1. The highest BCUT2D eigenvalue weighted by Gasteiger charge is 2.17. The van der Waals surface area contributed by atoms with Crippen molar-refractivity contribution in [2.24, 2.45) is 0 Å². The zero-order chi connectivity index (χ0) is 14.4. The summed E-state index contributed by atoms with van der Waals surface area (Å²) in [6.07, 6.45) is 1.49. The molecule has 0 aliphatic rings. The third-order valence-corrected chi connectivity index (χ3v) is 4.64. The Labute approximate surface area is 125 Å². The van der Waals surface area contributed by atoms with Crippen molar-refractivity contribution in [3.05, 3.63) is 36.7 Å². The lowest BCUT2D eigenvalue weighted by Gasteiger charge is -1.97. The van der Waals surface area contributed by atoms with Crippen LogP contribution in [0.4, 0.5) is 5.82 Å². The van der Waals surface area contributed by atoms with Crippen molar-refractivity contribution in [2.45, 2.75) is 13.5 Å². The summed E-state index contributed by atoms with van der Waals surface area (Å²) in [5.41, 5.74) is 7.71. The molecule has 4 rings (SSSR count). The lowest BCUT2D eigenvalue weighted by atomic mass is 10.2. The summed E-state index contributed by atoms with van der Waals surface area (Å²) in [5, 5.41) is 6.73. The van der Waals surface area contributed by atoms with E-state index in [0.717, 1.165) is 28.1 Å². The molecule has 0 atom stereocenters. The monoisotopic (exact) mass is 295 g/mol. The van der Waals surface area contributed by atoms with E-state index in [1.807, 2.05) is 23.7 Å². The molecule has 21 heavy (non-hydrogen) atoms. The van der Waals surface area contributed by atoms with Gasteiger partial charge in [-0.25, -0.2) is 14.6 Å². The number of thiophene rings is 1. The molecule has 0 spiro atoms. The van der Waals surface area contributed by atoms with E-state index >= 15 is 0 Å².